The van der Waals surface area contributed by atoms with Crippen LogP contribution < -0.4 is 5.43 Å². The zero-order valence-corrected chi connectivity index (χ0v) is 26.3. The maximum atomic E-state index is 14.1. The third-order valence-electron chi connectivity index (χ3n) is 8.80. The second-order valence-electron chi connectivity index (χ2n) is 12.0. The monoisotopic (exact) mass is 655 g/mol. The number of amides is 3. The smallest absolute Gasteiger partial charge is 0.426 e. The summed E-state index contributed by atoms with van der Waals surface area (Å²) in [6.45, 7) is -0.474. The molecule has 2 aliphatic heterocycles. The molecule has 48 heavy (non-hydrogen) atoms. The van der Waals surface area contributed by atoms with Crippen LogP contribution in [0.3, 0.4) is 0 Å². The highest BCUT2D eigenvalue weighted by molar-refractivity contribution is 5.95. The Bertz CT molecular complexity index is 1580. The van der Waals surface area contributed by atoms with Crippen molar-refractivity contribution < 1.29 is 43.0 Å². The fourth-order valence-corrected chi connectivity index (χ4v) is 6.28. The van der Waals surface area contributed by atoms with E-state index in [1.54, 1.807) is 72.8 Å². The second kappa shape index (κ2) is 14.7. The molecule has 3 aliphatic rings. The first-order chi connectivity index (χ1) is 23.4. The molecule has 2 atom stereocenters. The number of nitrogens with zero attached hydrogens (tertiary/aromatic N) is 2. The molecule has 1 aliphatic carbocycles. The van der Waals surface area contributed by atoms with E-state index in [1.165, 1.54) is 0 Å². The number of carbonyl (C=O) groups excluding carboxylic acids is 5. The molecule has 3 fully saturated rings. The topological polar surface area (TPSA) is 141 Å². The molecule has 3 amide bonds. The van der Waals surface area contributed by atoms with Gasteiger partial charge in [-0.1, -0.05) is 110 Å². The van der Waals surface area contributed by atoms with Crippen LogP contribution in [0.1, 0.15) is 67.7 Å². The number of hydroxylamine groups is 2. The van der Waals surface area contributed by atoms with E-state index in [-0.39, 0.29) is 19.4 Å². The minimum absolute atomic E-state index is 0.0612. The minimum atomic E-state index is -2.25. The molecular formula is C36H37N3O9. The Kier molecular flexibility index (Phi) is 10.0. The molecule has 0 bridgehead atoms. The summed E-state index contributed by atoms with van der Waals surface area (Å²) in [6, 6.07) is 25.7. The zero-order valence-electron chi connectivity index (χ0n) is 26.3. The number of carbonyl (C=O) groups is 5. The summed E-state index contributed by atoms with van der Waals surface area (Å²) in [4.78, 5) is 73.4. The van der Waals surface area contributed by atoms with Gasteiger partial charge in [-0.3, -0.25) is 19.2 Å². The SMILES string of the molecule is O=C1CCC(C(=O)OC(c2ccccc2)c2ccccc2)(N2OC[C@H](N(NC(=O)OCc3ccccc3)C(=O)C3CCCCC3)C2=O)O1. The third-order valence-corrected chi connectivity index (χ3v) is 8.80. The van der Waals surface area contributed by atoms with Crippen LogP contribution in [0.5, 0.6) is 0 Å². The van der Waals surface area contributed by atoms with Gasteiger partial charge in [-0.25, -0.2) is 20.0 Å². The van der Waals surface area contributed by atoms with E-state index in [9.17, 15) is 24.0 Å². The van der Waals surface area contributed by atoms with Crippen LogP contribution >= 0.6 is 0 Å². The summed E-state index contributed by atoms with van der Waals surface area (Å²) < 4.78 is 17.0. The van der Waals surface area contributed by atoms with Gasteiger partial charge in [0, 0.05) is 12.3 Å². The molecule has 1 N–H and O–H groups in total. The summed E-state index contributed by atoms with van der Waals surface area (Å²) in [6.07, 6.45) is 1.59. The van der Waals surface area contributed by atoms with E-state index in [0.29, 0.717) is 29.0 Å². The van der Waals surface area contributed by atoms with Gasteiger partial charge in [-0.05, 0) is 29.5 Å². The van der Waals surface area contributed by atoms with Crippen molar-refractivity contribution in [3.05, 3.63) is 108 Å². The maximum Gasteiger partial charge on any atom is 0.426 e. The number of cyclic esters (lactones) is 1. The van der Waals surface area contributed by atoms with Crippen LogP contribution in [0.25, 0.3) is 0 Å². The number of ether oxygens (including phenoxy) is 3. The first kappa shape index (κ1) is 32.7. The number of hydrazine groups is 1. The van der Waals surface area contributed by atoms with Crippen LogP contribution in [-0.4, -0.2) is 58.3 Å². The average Bonchev–Trinajstić information content (AvgIpc) is 3.72. The van der Waals surface area contributed by atoms with Gasteiger partial charge in [-0.15, -0.1) is 0 Å². The quantitative estimate of drug-likeness (QED) is 0.197. The Morgan fingerprint density at radius 3 is 2.06 bits per heavy atom. The predicted octanol–water partition coefficient (Wildman–Crippen LogP) is 4.75. The summed E-state index contributed by atoms with van der Waals surface area (Å²) in [5.74, 6) is -3.50. The van der Waals surface area contributed by atoms with E-state index in [2.05, 4.69) is 5.43 Å². The van der Waals surface area contributed by atoms with Gasteiger partial charge in [-0.2, -0.15) is 5.06 Å². The number of hydrogen-bond donors (Lipinski definition) is 1. The number of benzene rings is 3. The number of rotatable bonds is 9. The lowest BCUT2D eigenvalue weighted by molar-refractivity contribution is -0.260. The molecule has 3 aromatic rings. The zero-order chi connectivity index (χ0) is 33.5. The van der Waals surface area contributed by atoms with E-state index in [0.717, 1.165) is 29.8 Å². The number of esters is 2. The van der Waals surface area contributed by atoms with Crippen molar-refractivity contribution in [2.45, 2.75) is 69.4 Å². The molecule has 250 valence electrons. The van der Waals surface area contributed by atoms with Crippen LogP contribution in [0.2, 0.25) is 0 Å². The van der Waals surface area contributed by atoms with Crippen molar-refractivity contribution in [2.24, 2.45) is 5.92 Å². The molecule has 6 rings (SSSR count). The lowest BCUT2D eigenvalue weighted by Crippen LogP contribution is -2.60. The Balaban J connectivity index is 1.25. The Labute approximate surface area is 277 Å². The molecule has 1 unspecified atom stereocenters. The van der Waals surface area contributed by atoms with Crippen molar-refractivity contribution >= 4 is 29.8 Å². The van der Waals surface area contributed by atoms with Crippen LogP contribution in [0.15, 0.2) is 91.0 Å². The first-order valence-corrected chi connectivity index (χ1v) is 16.2. The normalized spacial score (nSPS) is 21.1. The second-order valence-corrected chi connectivity index (χ2v) is 12.0. The summed E-state index contributed by atoms with van der Waals surface area (Å²) >= 11 is 0. The Morgan fingerprint density at radius 1 is 0.875 bits per heavy atom. The van der Waals surface area contributed by atoms with Gasteiger partial charge in [0.1, 0.15) is 13.2 Å². The molecule has 2 saturated heterocycles. The van der Waals surface area contributed by atoms with E-state index < -0.39 is 60.2 Å². The average molecular weight is 656 g/mol. The molecule has 2 heterocycles. The summed E-state index contributed by atoms with van der Waals surface area (Å²) in [5, 5.41) is 1.63. The molecular weight excluding hydrogens is 618 g/mol. The number of hydrogen-bond acceptors (Lipinski definition) is 9. The summed E-state index contributed by atoms with van der Waals surface area (Å²) in [7, 11) is 0. The van der Waals surface area contributed by atoms with Crippen LogP contribution in [0.4, 0.5) is 4.79 Å². The fraction of sp³-hybridized carbons (Fsp3) is 0.361. The van der Waals surface area contributed by atoms with E-state index in [1.807, 2.05) is 18.2 Å². The summed E-state index contributed by atoms with van der Waals surface area (Å²) in [5.41, 5.74) is 2.26. The molecule has 12 nitrogen and oxygen atoms in total. The van der Waals surface area contributed by atoms with E-state index in [4.69, 9.17) is 19.0 Å². The standard InChI is InChI=1S/C36H37N3O9/c40-30-21-22-36(48-30,34(43)47-31(26-15-7-2-8-16-26)27-17-9-3-10-18-27)39-33(42)29(24-46-39)38(32(41)28-19-11-4-12-20-28)37-35(44)45-23-25-13-5-1-6-14-25/h1-3,5-10,13-18,28-29,31H,4,11-12,19-24H2,(H,37,44)/t29-,36?/m0/s1. The molecule has 0 aromatic heterocycles. The molecule has 1 saturated carbocycles. The van der Waals surface area contributed by atoms with Gasteiger partial charge in [0.2, 0.25) is 5.91 Å². The van der Waals surface area contributed by atoms with Crippen molar-refractivity contribution in [1.82, 2.24) is 15.5 Å². The first-order valence-electron chi connectivity index (χ1n) is 16.2. The van der Waals surface area contributed by atoms with E-state index >= 15 is 0 Å². The molecule has 12 heteroatoms. The molecule has 0 spiro atoms. The highest BCUT2D eigenvalue weighted by Gasteiger charge is 2.61. The highest BCUT2D eigenvalue weighted by atomic mass is 16.8. The Hall–Kier alpha value is -5.23. The van der Waals surface area contributed by atoms with Gasteiger partial charge in [0.15, 0.2) is 12.1 Å². The number of nitrogens with one attached hydrogen (secondary N) is 1. The largest absolute Gasteiger partial charge is 0.448 e. The van der Waals surface area contributed by atoms with Crippen molar-refractivity contribution in [3.8, 4) is 0 Å². The van der Waals surface area contributed by atoms with Crippen molar-refractivity contribution in [1.29, 1.82) is 0 Å². The van der Waals surface area contributed by atoms with Gasteiger partial charge < -0.3 is 14.2 Å². The lowest BCUT2D eigenvalue weighted by atomic mass is 9.88. The molecule has 3 aromatic carbocycles. The van der Waals surface area contributed by atoms with Gasteiger partial charge in [0.05, 0.1) is 6.42 Å². The van der Waals surface area contributed by atoms with Crippen molar-refractivity contribution in [2.75, 3.05) is 6.61 Å². The highest BCUT2D eigenvalue weighted by Crippen LogP contribution is 2.38. The maximum absolute atomic E-state index is 14.1. The predicted molar refractivity (Wildman–Crippen MR) is 169 cm³/mol. The van der Waals surface area contributed by atoms with Gasteiger partial charge >= 0.3 is 23.8 Å². The third kappa shape index (κ3) is 7.03. The van der Waals surface area contributed by atoms with Crippen molar-refractivity contribution in [3.63, 3.8) is 0 Å². The fourth-order valence-electron chi connectivity index (χ4n) is 6.28. The lowest BCUT2D eigenvalue weighted by Gasteiger charge is -2.35. The van der Waals surface area contributed by atoms with Crippen LogP contribution in [0, 0.1) is 5.92 Å². The molecule has 0 radical (unpaired) electrons. The minimum Gasteiger partial charge on any atom is -0.448 e. The Morgan fingerprint density at radius 2 is 1.48 bits per heavy atom. The van der Waals surface area contributed by atoms with Crippen LogP contribution in [-0.2, 0) is 44.8 Å². The van der Waals surface area contributed by atoms with Gasteiger partial charge in [0.25, 0.3) is 5.91 Å².